The molecule has 4 nitrogen and oxygen atoms in total. The number of likely N-dealkylation sites (tertiary alicyclic amines) is 1. The van der Waals surface area contributed by atoms with Gasteiger partial charge in [-0.25, -0.2) is 0 Å². The first-order chi connectivity index (χ1) is 8.09. The quantitative estimate of drug-likeness (QED) is 0.660. The fraction of sp³-hybridized carbons (Fsp3) is 1.00. The van der Waals surface area contributed by atoms with E-state index in [2.05, 4.69) is 31.1 Å². The zero-order valence-electron chi connectivity index (χ0n) is 11.5. The van der Waals surface area contributed by atoms with E-state index in [1.54, 1.807) is 0 Å². The molecule has 0 radical (unpaired) electrons. The highest BCUT2D eigenvalue weighted by molar-refractivity contribution is 4.78. The van der Waals surface area contributed by atoms with Crippen LogP contribution in [0.2, 0.25) is 0 Å². The van der Waals surface area contributed by atoms with Crippen LogP contribution in [0.3, 0.4) is 0 Å². The fourth-order valence-electron chi connectivity index (χ4n) is 2.15. The molecule has 1 fully saturated rings. The van der Waals surface area contributed by atoms with Gasteiger partial charge in [-0.1, -0.05) is 13.8 Å². The van der Waals surface area contributed by atoms with Crippen molar-refractivity contribution in [2.75, 3.05) is 39.9 Å². The molecule has 0 bridgehead atoms. The summed E-state index contributed by atoms with van der Waals surface area (Å²) in [5.41, 5.74) is 0. The lowest BCUT2D eigenvalue weighted by Crippen LogP contribution is -2.39. The van der Waals surface area contributed by atoms with Crippen molar-refractivity contribution in [3.63, 3.8) is 0 Å². The Morgan fingerprint density at radius 2 is 2.18 bits per heavy atom. The van der Waals surface area contributed by atoms with Gasteiger partial charge in [-0.3, -0.25) is 0 Å². The average Bonchev–Trinajstić information content (AvgIpc) is 2.64. The largest absolute Gasteiger partial charge is 0.389 e. The molecule has 1 aliphatic heterocycles. The average molecular weight is 244 g/mol. The van der Waals surface area contributed by atoms with E-state index in [-0.39, 0.29) is 6.10 Å². The number of ether oxygens (including phenoxy) is 1. The van der Waals surface area contributed by atoms with Gasteiger partial charge in [0.15, 0.2) is 0 Å². The Balaban J connectivity index is 1.98. The van der Waals surface area contributed by atoms with Crippen LogP contribution in [0.1, 0.15) is 26.7 Å². The van der Waals surface area contributed by atoms with Crippen molar-refractivity contribution in [2.45, 2.75) is 38.8 Å². The van der Waals surface area contributed by atoms with Crippen LogP contribution in [0.4, 0.5) is 0 Å². The van der Waals surface area contributed by atoms with Gasteiger partial charge in [-0.15, -0.1) is 0 Å². The van der Waals surface area contributed by atoms with Gasteiger partial charge in [0.25, 0.3) is 0 Å². The summed E-state index contributed by atoms with van der Waals surface area (Å²) >= 11 is 0. The Labute approximate surface area is 105 Å². The Morgan fingerprint density at radius 1 is 1.41 bits per heavy atom. The molecule has 1 aliphatic rings. The number of aliphatic hydroxyl groups excluding tert-OH is 1. The lowest BCUT2D eigenvalue weighted by atomic mass is 10.2. The first-order valence-electron chi connectivity index (χ1n) is 6.76. The van der Waals surface area contributed by atoms with E-state index in [1.165, 1.54) is 19.4 Å². The molecule has 0 spiro atoms. The van der Waals surface area contributed by atoms with Crippen molar-refractivity contribution >= 4 is 0 Å². The van der Waals surface area contributed by atoms with Gasteiger partial charge < -0.3 is 20.1 Å². The number of nitrogens with zero attached hydrogens (tertiary/aromatic N) is 1. The SMILES string of the molecule is CC(C)COCC(O)CNCC1CCCN1C. The van der Waals surface area contributed by atoms with Gasteiger partial charge in [-0.2, -0.15) is 0 Å². The minimum absolute atomic E-state index is 0.388. The van der Waals surface area contributed by atoms with E-state index in [1.807, 2.05) is 0 Å². The highest BCUT2D eigenvalue weighted by Gasteiger charge is 2.20. The Kier molecular flexibility index (Phi) is 7.04. The monoisotopic (exact) mass is 244 g/mol. The molecule has 0 aromatic heterocycles. The van der Waals surface area contributed by atoms with Crippen molar-refractivity contribution in [1.29, 1.82) is 0 Å². The predicted octanol–water partition coefficient (Wildman–Crippen LogP) is 0.704. The molecule has 1 rings (SSSR count). The lowest BCUT2D eigenvalue weighted by molar-refractivity contribution is 0.0257. The Hall–Kier alpha value is -0.160. The van der Waals surface area contributed by atoms with E-state index in [9.17, 15) is 5.11 Å². The second kappa shape index (κ2) is 8.03. The van der Waals surface area contributed by atoms with Crippen molar-refractivity contribution < 1.29 is 9.84 Å². The Bertz CT molecular complexity index is 200. The molecule has 0 amide bonds. The van der Waals surface area contributed by atoms with E-state index >= 15 is 0 Å². The molecule has 4 heteroatoms. The van der Waals surface area contributed by atoms with E-state index in [4.69, 9.17) is 4.74 Å². The molecule has 0 aliphatic carbocycles. The highest BCUT2D eigenvalue weighted by atomic mass is 16.5. The molecule has 0 saturated carbocycles. The molecule has 1 saturated heterocycles. The molecule has 1 heterocycles. The zero-order valence-corrected chi connectivity index (χ0v) is 11.5. The van der Waals surface area contributed by atoms with Gasteiger partial charge in [0.2, 0.25) is 0 Å². The third-order valence-electron chi connectivity index (χ3n) is 3.19. The smallest absolute Gasteiger partial charge is 0.0897 e. The van der Waals surface area contributed by atoms with Gasteiger partial charge in [0, 0.05) is 25.7 Å². The van der Waals surface area contributed by atoms with Gasteiger partial charge in [0.05, 0.1) is 12.7 Å². The van der Waals surface area contributed by atoms with Crippen molar-refractivity contribution in [1.82, 2.24) is 10.2 Å². The zero-order chi connectivity index (χ0) is 12.7. The number of nitrogens with one attached hydrogen (secondary N) is 1. The second-order valence-corrected chi connectivity index (χ2v) is 5.52. The normalized spacial score (nSPS) is 23.5. The first-order valence-corrected chi connectivity index (χ1v) is 6.76. The molecule has 2 atom stereocenters. The maximum absolute atomic E-state index is 9.70. The standard InChI is InChI=1S/C13H28N2O2/c1-11(2)9-17-10-13(16)8-14-7-12-5-4-6-15(12)3/h11-14,16H,4-10H2,1-3H3. The molecule has 0 aromatic carbocycles. The third-order valence-corrected chi connectivity index (χ3v) is 3.19. The van der Waals surface area contributed by atoms with Crippen LogP contribution < -0.4 is 5.32 Å². The summed E-state index contributed by atoms with van der Waals surface area (Å²) in [6.07, 6.45) is 2.17. The summed E-state index contributed by atoms with van der Waals surface area (Å²) < 4.78 is 5.40. The molecule has 102 valence electrons. The van der Waals surface area contributed by atoms with Crippen molar-refractivity contribution in [2.24, 2.45) is 5.92 Å². The van der Waals surface area contributed by atoms with Gasteiger partial charge in [0.1, 0.15) is 0 Å². The number of rotatable bonds is 8. The molecule has 0 aromatic rings. The van der Waals surface area contributed by atoms with Crippen LogP contribution in [0.15, 0.2) is 0 Å². The third kappa shape index (κ3) is 6.36. The predicted molar refractivity (Wildman–Crippen MR) is 70.2 cm³/mol. The van der Waals surface area contributed by atoms with E-state index in [0.717, 1.165) is 13.2 Å². The molecular formula is C13H28N2O2. The maximum Gasteiger partial charge on any atom is 0.0897 e. The van der Waals surface area contributed by atoms with Crippen LogP contribution in [-0.2, 0) is 4.74 Å². The maximum atomic E-state index is 9.70. The molecule has 2 unspecified atom stereocenters. The van der Waals surface area contributed by atoms with Crippen LogP contribution >= 0.6 is 0 Å². The number of hydrogen-bond acceptors (Lipinski definition) is 4. The van der Waals surface area contributed by atoms with Gasteiger partial charge in [-0.05, 0) is 32.4 Å². The summed E-state index contributed by atoms with van der Waals surface area (Å²) in [5, 5.41) is 13.0. The van der Waals surface area contributed by atoms with E-state index < -0.39 is 0 Å². The fourth-order valence-corrected chi connectivity index (χ4v) is 2.15. The number of aliphatic hydroxyl groups is 1. The van der Waals surface area contributed by atoms with Gasteiger partial charge >= 0.3 is 0 Å². The topological polar surface area (TPSA) is 44.7 Å². The summed E-state index contributed by atoms with van der Waals surface area (Å²) in [6.45, 7) is 8.18. The Morgan fingerprint density at radius 3 is 2.76 bits per heavy atom. The summed E-state index contributed by atoms with van der Waals surface area (Å²) in [5.74, 6) is 0.530. The lowest BCUT2D eigenvalue weighted by Gasteiger charge is -2.21. The highest BCUT2D eigenvalue weighted by Crippen LogP contribution is 2.13. The van der Waals surface area contributed by atoms with Crippen molar-refractivity contribution in [3.05, 3.63) is 0 Å². The minimum atomic E-state index is -0.388. The molecule has 17 heavy (non-hydrogen) atoms. The van der Waals surface area contributed by atoms with Crippen LogP contribution in [0.5, 0.6) is 0 Å². The summed E-state index contributed by atoms with van der Waals surface area (Å²) in [7, 11) is 2.17. The minimum Gasteiger partial charge on any atom is -0.389 e. The summed E-state index contributed by atoms with van der Waals surface area (Å²) in [4.78, 5) is 2.38. The number of hydrogen-bond donors (Lipinski definition) is 2. The van der Waals surface area contributed by atoms with Crippen molar-refractivity contribution in [3.8, 4) is 0 Å². The van der Waals surface area contributed by atoms with Crippen LogP contribution in [-0.4, -0.2) is 62.0 Å². The second-order valence-electron chi connectivity index (χ2n) is 5.52. The van der Waals surface area contributed by atoms with E-state index in [0.29, 0.717) is 25.1 Å². The summed E-state index contributed by atoms with van der Waals surface area (Å²) in [6, 6.07) is 0.638. The number of likely N-dealkylation sites (N-methyl/N-ethyl adjacent to an activating group) is 1. The molecule has 2 N–H and O–H groups in total. The van der Waals surface area contributed by atoms with Crippen LogP contribution in [0.25, 0.3) is 0 Å². The first kappa shape index (κ1) is 14.9. The molecular weight excluding hydrogens is 216 g/mol. The van der Waals surface area contributed by atoms with Crippen LogP contribution in [0, 0.1) is 5.92 Å².